The molecule has 0 amide bonds. The molecule has 0 unspecified atom stereocenters. The first-order valence-corrected chi connectivity index (χ1v) is 8.98. The first kappa shape index (κ1) is 19.3. The quantitative estimate of drug-likeness (QED) is 0.266. The largest absolute Gasteiger partial charge is 0.465 e. The van der Waals surface area contributed by atoms with Gasteiger partial charge in [-0.15, -0.1) is 0 Å². The number of methoxy groups -OCH3 is 1. The third kappa shape index (κ3) is 3.94. The molecule has 3 aromatic rings. The van der Waals surface area contributed by atoms with E-state index in [2.05, 4.69) is 9.97 Å². The highest BCUT2D eigenvalue weighted by atomic mass is 32.2. The molecule has 142 valence electrons. The molecule has 0 aliphatic heterocycles. The van der Waals surface area contributed by atoms with Gasteiger partial charge in [-0.1, -0.05) is 42.1 Å². The Morgan fingerprint density at radius 3 is 2.46 bits per heavy atom. The Kier molecular flexibility index (Phi) is 5.85. The fraction of sp³-hybridized carbons (Fsp3) is 0.105. The van der Waals surface area contributed by atoms with Crippen molar-refractivity contribution in [3.63, 3.8) is 0 Å². The molecule has 0 N–H and O–H groups in total. The maximum Gasteiger partial charge on any atom is 0.344 e. The Morgan fingerprint density at radius 2 is 1.79 bits per heavy atom. The van der Waals surface area contributed by atoms with E-state index in [0.717, 1.165) is 4.90 Å². The van der Waals surface area contributed by atoms with Gasteiger partial charge in [0.05, 0.1) is 23.3 Å². The van der Waals surface area contributed by atoms with E-state index < -0.39 is 10.9 Å². The van der Waals surface area contributed by atoms with Gasteiger partial charge in [0.15, 0.2) is 5.03 Å². The van der Waals surface area contributed by atoms with Crippen LogP contribution in [0.5, 0.6) is 0 Å². The van der Waals surface area contributed by atoms with Gasteiger partial charge in [-0.3, -0.25) is 10.1 Å². The molecule has 0 atom stereocenters. The third-order valence-electron chi connectivity index (χ3n) is 3.90. The summed E-state index contributed by atoms with van der Waals surface area (Å²) in [6.07, 6.45) is 1.27. The highest BCUT2D eigenvalue weighted by molar-refractivity contribution is 7.99. The van der Waals surface area contributed by atoms with Crippen molar-refractivity contribution in [3.8, 4) is 0 Å². The predicted molar refractivity (Wildman–Crippen MR) is 105 cm³/mol. The number of esters is 1. The molecule has 2 aromatic carbocycles. The molecule has 0 fully saturated rings. The Morgan fingerprint density at radius 1 is 1.11 bits per heavy atom. The summed E-state index contributed by atoms with van der Waals surface area (Å²) in [5, 5.41) is 12.0. The molecule has 0 spiro atoms. The average molecular weight is 396 g/mol. The normalized spacial score (nSPS) is 10.4. The van der Waals surface area contributed by atoms with Crippen molar-refractivity contribution >= 4 is 34.9 Å². The van der Waals surface area contributed by atoms with E-state index >= 15 is 0 Å². The standard InChI is InChI=1S/C19H16N4O4S/c1-22(15-11-7-6-10-14(15)19(24)27-2)17-16(23(25)26)18(21-12-20-17)28-13-8-4-3-5-9-13/h3-12H,1-2H3. The van der Waals surface area contributed by atoms with Crippen LogP contribution in [-0.4, -0.2) is 35.0 Å². The highest BCUT2D eigenvalue weighted by Gasteiger charge is 2.28. The van der Waals surface area contributed by atoms with Crippen LogP contribution in [0.1, 0.15) is 10.4 Å². The Bertz CT molecular complexity index is 1010. The van der Waals surface area contributed by atoms with E-state index in [9.17, 15) is 14.9 Å². The molecule has 0 aliphatic rings. The first-order chi connectivity index (χ1) is 13.5. The molecule has 0 saturated heterocycles. The fourth-order valence-corrected chi connectivity index (χ4v) is 3.48. The number of nitro groups is 1. The van der Waals surface area contributed by atoms with Gasteiger partial charge in [0.2, 0.25) is 5.82 Å². The minimum Gasteiger partial charge on any atom is -0.465 e. The summed E-state index contributed by atoms with van der Waals surface area (Å²) in [5.74, 6) is -0.465. The molecule has 1 heterocycles. The summed E-state index contributed by atoms with van der Waals surface area (Å²) >= 11 is 1.17. The van der Waals surface area contributed by atoms with Gasteiger partial charge >= 0.3 is 11.7 Å². The minimum atomic E-state index is -0.543. The second kappa shape index (κ2) is 8.49. The van der Waals surface area contributed by atoms with E-state index in [4.69, 9.17) is 4.74 Å². The number of carbonyl (C=O) groups excluding carboxylic acids is 1. The van der Waals surface area contributed by atoms with Gasteiger partial charge in [-0.05, 0) is 24.3 Å². The van der Waals surface area contributed by atoms with Crippen LogP contribution in [0.2, 0.25) is 0 Å². The van der Waals surface area contributed by atoms with Crippen LogP contribution < -0.4 is 4.90 Å². The van der Waals surface area contributed by atoms with Crippen molar-refractivity contribution in [2.45, 2.75) is 9.92 Å². The second-order valence-corrected chi connectivity index (χ2v) is 6.65. The molecular formula is C19H16N4O4S. The van der Waals surface area contributed by atoms with Crippen LogP contribution in [-0.2, 0) is 4.74 Å². The van der Waals surface area contributed by atoms with Gasteiger partial charge in [0, 0.05) is 11.9 Å². The van der Waals surface area contributed by atoms with Crippen molar-refractivity contribution in [2.75, 3.05) is 19.1 Å². The molecular weight excluding hydrogens is 380 g/mol. The smallest absolute Gasteiger partial charge is 0.344 e. The molecule has 9 heteroatoms. The zero-order valence-corrected chi connectivity index (χ0v) is 15.9. The SMILES string of the molecule is COC(=O)c1ccccc1N(C)c1ncnc(Sc2ccccc2)c1[N+](=O)[O-]. The summed E-state index contributed by atoms with van der Waals surface area (Å²) < 4.78 is 4.81. The summed E-state index contributed by atoms with van der Waals surface area (Å²) in [7, 11) is 2.88. The van der Waals surface area contributed by atoms with Gasteiger partial charge in [-0.2, -0.15) is 0 Å². The van der Waals surface area contributed by atoms with Crippen LogP contribution in [0.3, 0.4) is 0 Å². The number of benzene rings is 2. The van der Waals surface area contributed by atoms with Crippen molar-refractivity contribution in [3.05, 3.63) is 76.6 Å². The highest BCUT2D eigenvalue weighted by Crippen LogP contribution is 2.40. The number of hydrogen-bond acceptors (Lipinski definition) is 8. The van der Waals surface area contributed by atoms with Crippen LogP contribution in [0.25, 0.3) is 0 Å². The second-order valence-electron chi connectivity index (χ2n) is 5.59. The molecule has 28 heavy (non-hydrogen) atoms. The van der Waals surface area contributed by atoms with Crippen LogP contribution >= 0.6 is 11.8 Å². The number of nitrogens with zero attached hydrogens (tertiary/aromatic N) is 4. The fourth-order valence-electron chi connectivity index (χ4n) is 2.60. The number of ether oxygens (including phenoxy) is 1. The molecule has 0 bridgehead atoms. The number of anilines is 2. The van der Waals surface area contributed by atoms with E-state index in [1.165, 1.54) is 30.1 Å². The lowest BCUT2D eigenvalue weighted by molar-refractivity contribution is -0.387. The predicted octanol–water partition coefficient (Wildman–Crippen LogP) is 4.09. The van der Waals surface area contributed by atoms with E-state index in [1.54, 1.807) is 31.3 Å². The lowest BCUT2D eigenvalue weighted by Gasteiger charge is -2.20. The van der Waals surface area contributed by atoms with Gasteiger partial charge < -0.3 is 9.64 Å². The van der Waals surface area contributed by atoms with Gasteiger partial charge in [-0.25, -0.2) is 14.8 Å². The molecule has 0 saturated carbocycles. The first-order valence-electron chi connectivity index (χ1n) is 8.16. The van der Waals surface area contributed by atoms with Crippen molar-refractivity contribution < 1.29 is 14.5 Å². The lowest BCUT2D eigenvalue weighted by atomic mass is 10.1. The van der Waals surface area contributed by atoms with E-state index in [-0.39, 0.29) is 22.1 Å². The van der Waals surface area contributed by atoms with Crippen molar-refractivity contribution in [1.82, 2.24) is 9.97 Å². The summed E-state index contributed by atoms with van der Waals surface area (Å²) in [4.78, 5) is 33.9. The minimum absolute atomic E-state index is 0.0785. The maximum absolute atomic E-state index is 12.1. The monoisotopic (exact) mass is 396 g/mol. The van der Waals surface area contributed by atoms with Crippen molar-refractivity contribution in [1.29, 1.82) is 0 Å². The zero-order chi connectivity index (χ0) is 20.1. The summed E-state index contributed by atoms with van der Waals surface area (Å²) in [5.41, 5.74) is 0.475. The number of rotatable bonds is 6. The number of aromatic nitrogens is 2. The number of carbonyl (C=O) groups is 1. The molecule has 8 nitrogen and oxygen atoms in total. The van der Waals surface area contributed by atoms with Crippen LogP contribution in [0, 0.1) is 10.1 Å². The number of para-hydroxylation sites is 1. The third-order valence-corrected chi connectivity index (χ3v) is 4.90. The summed E-state index contributed by atoms with van der Waals surface area (Å²) in [6.45, 7) is 0. The molecule has 0 radical (unpaired) electrons. The lowest BCUT2D eigenvalue weighted by Crippen LogP contribution is -2.18. The molecule has 0 aliphatic carbocycles. The topological polar surface area (TPSA) is 98.5 Å². The van der Waals surface area contributed by atoms with E-state index in [0.29, 0.717) is 5.69 Å². The maximum atomic E-state index is 12.1. The van der Waals surface area contributed by atoms with Crippen molar-refractivity contribution in [2.24, 2.45) is 0 Å². The Hall–Kier alpha value is -3.46. The van der Waals surface area contributed by atoms with Gasteiger partial charge in [0.1, 0.15) is 6.33 Å². The Balaban J connectivity index is 2.09. The van der Waals surface area contributed by atoms with Crippen LogP contribution in [0.4, 0.5) is 17.2 Å². The van der Waals surface area contributed by atoms with E-state index in [1.807, 2.05) is 30.3 Å². The summed E-state index contributed by atoms with van der Waals surface area (Å²) in [6, 6.07) is 15.9. The molecule has 1 aromatic heterocycles. The van der Waals surface area contributed by atoms with Gasteiger partial charge in [0.25, 0.3) is 0 Å². The van der Waals surface area contributed by atoms with Crippen LogP contribution in [0.15, 0.2) is 70.8 Å². The zero-order valence-electron chi connectivity index (χ0n) is 15.1. The Labute approximate surface area is 165 Å². The number of hydrogen-bond donors (Lipinski definition) is 0. The average Bonchev–Trinajstić information content (AvgIpc) is 2.73. The molecule has 3 rings (SSSR count).